The molecule has 7 aromatic rings. The van der Waals surface area contributed by atoms with Gasteiger partial charge in [0.2, 0.25) is 15.8 Å². The lowest BCUT2D eigenvalue weighted by molar-refractivity contribution is 0.0751. The number of methoxy groups -OCH3 is 3. The molecule has 2 heterocycles. The molecule has 0 saturated heterocycles. The van der Waals surface area contributed by atoms with Gasteiger partial charge in [-0.3, -0.25) is 0 Å². The smallest absolute Gasteiger partial charge is 0.407 e. The van der Waals surface area contributed by atoms with Crippen LogP contribution in [-0.2, 0) is 45.9 Å². The molecule has 2 N–H and O–H groups in total. The van der Waals surface area contributed by atoms with Crippen molar-refractivity contribution in [3.8, 4) is 39.8 Å². The van der Waals surface area contributed by atoms with E-state index in [2.05, 4.69) is 34.9 Å². The molecule has 1 atom stereocenters. The van der Waals surface area contributed by atoms with E-state index in [9.17, 15) is 9.90 Å². The summed E-state index contributed by atoms with van der Waals surface area (Å²) in [6.07, 6.45) is -0.841. The summed E-state index contributed by atoms with van der Waals surface area (Å²) in [5.41, 5.74) is 2.99. The van der Waals surface area contributed by atoms with Crippen LogP contribution in [0.15, 0.2) is 113 Å². The molecule has 20 heteroatoms. The van der Waals surface area contributed by atoms with Crippen LogP contribution in [0.4, 0.5) is 4.79 Å². The van der Waals surface area contributed by atoms with Gasteiger partial charge in [-0.2, -0.15) is 9.10 Å². The summed E-state index contributed by atoms with van der Waals surface area (Å²) in [5, 5.41) is 23.9. The lowest BCUT2D eigenvalue weighted by Crippen LogP contribution is -2.50. The average Bonchev–Trinajstić information content (AvgIpc) is 3.96. The van der Waals surface area contributed by atoms with Gasteiger partial charge in [0.15, 0.2) is 9.84 Å². The predicted octanol–water partition coefficient (Wildman–Crippen LogP) is 9.17. The van der Waals surface area contributed by atoms with E-state index in [4.69, 9.17) is 24.3 Å². The number of benzene rings is 5. The van der Waals surface area contributed by atoms with Gasteiger partial charge in [0.05, 0.1) is 55.1 Å². The highest BCUT2D eigenvalue weighted by molar-refractivity contribution is 7.93. The summed E-state index contributed by atoms with van der Waals surface area (Å²) in [4.78, 5) is 22.7. The van der Waals surface area contributed by atoms with Crippen molar-refractivity contribution < 1.29 is 40.9 Å². The third-order valence-corrected chi connectivity index (χ3v) is 18.0. The number of sulfone groups is 1. The Kier molecular flexibility index (Phi) is 15.4. The number of carboxylic acid groups (broad SMARTS) is 1. The number of sulfonamides is 1. The molecule has 0 radical (unpaired) electrons. The molecule has 17 nitrogen and oxygen atoms in total. The van der Waals surface area contributed by atoms with Crippen LogP contribution in [-0.4, -0.2) is 114 Å². The monoisotopic (exact) mass is 1020 g/mol. The molecule has 5 aromatic carbocycles. The molecular weight excluding hydrogens is 961 g/mol. The number of aromatic amines is 1. The molecule has 71 heavy (non-hydrogen) atoms. The number of nitrogens with zero attached hydrogens (tertiary/aromatic N) is 7. The number of para-hydroxylation sites is 1. The van der Waals surface area contributed by atoms with Crippen molar-refractivity contribution in [3.05, 3.63) is 126 Å². The fraction of sp³-hybridized carbons (Fsp3) is 0.353. The van der Waals surface area contributed by atoms with Crippen molar-refractivity contribution in [2.24, 2.45) is 0 Å². The number of hydrogen-bond donors (Lipinski definition) is 2. The Balaban J connectivity index is 1.51. The Morgan fingerprint density at radius 3 is 1.83 bits per heavy atom. The van der Waals surface area contributed by atoms with Gasteiger partial charge in [-0.15, -0.1) is 10.2 Å². The van der Waals surface area contributed by atoms with Crippen LogP contribution < -0.4 is 14.2 Å². The SMILES string of the molecule is COc1ccc(CN(Cc2ccc(OC)cc2)S(=O)(=O)c2c(S(=O)(=O)CC[Si](C)(C)C)ccc(-c3cccc4[nH]c(CC(C)N(C(=O)O)C(C)(C)C)nc34)c2-c2nnn(Cc3ccc(OC)cc3)n2)cc1. The highest BCUT2D eigenvalue weighted by Gasteiger charge is 2.39. The molecule has 1 unspecified atom stereocenters. The van der Waals surface area contributed by atoms with Gasteiger partial charge >= 0.3 is 6.09 Å². The Morgan fingerprint density at radius 1 is 0.775 bits per heavy atom. The summed E-state index contributed by atoms with van der Waals surface area (Å²) in [7, 11) is -6.56. The van der Waals surface area contributed by atoms with Gasteiger partial charge in [0.1, 0.15) is 28.0 Å². The largest absolute Gasteiger partial charge is 0.497 e. The van der Waals surface area contributed by atoms with Crippen LogP contribution in [0.5, 0.6) is 17.2 Å². The minimum absolute atomic E-state index is 0.0790. The molecule has 0 fully saturated rings. The summed E-state index contributed by atoms with van der Waals surface area (Å²) >= 11 is 0. The Hall–Kier alpha value is -6.61. The van der Waals surface area contributed by atoms with Crippen LogP contribution in [0.2, 0.25) is 25.7 Å². The maximum atomic E-state index is 16.2. The zero-order valence-corrected chi connectivity index (χ0v) is 44.4. The van der Waals surface area contributed by atoms with Crippen molar-refractivity contribution in [2.45, 2.75) is 101 Å². The second-order valence-corrected chi connectivity index (χ2v) is 29.2. The second-order valence-electron chi connectivity index (χ2n) is 19.7. The van der Waals surface area contributed by atoms with E-state index < -0.39 is 55.4 Å². The molecule has 0 spiro atoms. The minimum Gasteiger partial charge on any atom is -0.497 e. The number of nitrogens with one attached hydrogen (secondary N) is 1. The van der Waals surface area contributed by atoms with Gasteiger partial charge < -0.3 is 29.2 Å². The van der Waals surface area contributed by atoms with Crippen LogP contribution in [0.3, 0.4) is 0 Å². The summed E-state index contributed by atoms with van der Waals surface area (Å²) in [6, 6.07) is 29.5. The minimum atomic E-state index is -4.88. The fourth-order valence-corrected chi connectivity index (χ4v) is 15.3. The van der Waals surface area contributed by atoms with Gasteiger partial charge in [-0.1, -0.05) is 74.2 Å². The highest BCUT2D eigenvalue weighted by atomic mass is 32.2. The van der Waals surface area contributed by atoms with E-state index in [0.717, 1.165) is 5.56 Å². The zero-order chi connectivity index (χ0) is 51.5. The molecule has 0 aliphatic heterocycles. The third kappa shape index (κ3) is 12.1. The standard InChI is InChI=1S/C51H62N8O9S2Si/c1-34(59(50(60)61)51(2,3)4)30-45-52-43-13-11-12-42(47(43)53-45)41-26-27-44(69(62,63)28-29-71(8,9)10)48(46(41)49-54-56-58(55-49)33-37-18-24-40(68-7)25-19-37)70(64,65)57(31-35-14-20-38(66-5)21-15-35)32-36-16-22-39(67-6)23-17-36/h11-27,34H,28-33H2,1-10H3,(H,52,53)(H,60,61). The highest BCUT2D eigenvalue weighted by Crippen LogP contribution is 2.43. The molecule has 7 rings (SSSR count). The number of ether oxygens (including phenoxy) is 3. The van der Waals surface area contributed by atoms with Gasteiger partial charge in [-0.05, 0) is 110 Å². The lowest BCUT2D eigenvalue weighted by Gasteiger charge is -2.37. The first-order valence-corrected chi connectivity index (χ1v) is 29.9. The molecule has 0 saturated carbocycles. The lowest BCUT2D eigenvalue weighted by atomic mass is 9.98. The first-order chi connectivity index (χ1) is 33.5. The van der Waals surface area contributed by atoms with E-state index in [1.54, 1.807) is 100 Å². The summed E-state index contributed by atoms with van der Waals surface area (Å²) in [5.74, 6) is 1.87. The number of fused-ring (bicyclic) bond motifs is 1. The molecule has 376 valence electrons. The summed E-state index contributed by atoms with van der Waals surface area (Å²) in [6.45, 7) is 13.3. The van der Waals surface area contributed by atoms with E-state index in [1.807, 2.05) is 45.9 Å². The number of imidazole rings is 1. The van der Waals surface area contributed by atoms with Gasteiger partial charge in [0.25, 0.3) is 0 Å². The normalized spacial score (nSPS) is 12.8. The molecule has 0 aliphatic carbocycles. The number of hydrogen-bond acceptors (Lipinski definition) is 12. The quantitative estimate of drug-likeness (QED) is 0.0683. The van der Waals surface area contributed by atoms with Gasteiger partial charge in [0, 0.05) is 44.7 Å². The van der Waals surface area contributed by atoms with E-state index in [0.29, 0.717) is 56.8 Å². The molecular formula is C51H62N8O9S2Si. The van der Waals surface area contributed by atoms with Crippen molar-refractivity contribution in [2.75, 3.05) is 27.1 Å². The Morgan fingerprint density at radius 2 is 1.32 bits per heavy atom. The Bertz CT molecular complexity index is 3170. The molecule has 0 aliphatic rings. The maximum absolute atomic E-state index is 16.2. The van der Waals surface area contributed by atoms with Crippen LogP contribution in [0.1, 0.15) is 50.2 Å². The van der Waals surface area contributed by atoms with E-state index >= 15 is 16.8 Å². The van der Waals surface area contributed by atoms with Gasteiger partial charge in [-0.25, -0.2) is 26.6 Å². The summed E-state index contributed by atoms with van der Waals surface area (Å²) < 4.78 is 80.0. The number of H-pyrrole nitrogens is 1. The van der Waals surface area contributed by atoms with E-state index in [-0.39, 0.29) is 48.8 Å². The predicted molar refractivity (Wildman–Crippen MR) is 276 cm³/mol. The number of aromatic nitrogens is 6. The average molecular weight is 1020 g/mol. The fourth-order valence-electron chi connectivity index (χ4n) is 8.50. The topological polar surface area (TPSA) is 212 Å². The molecule has 1 amide bonds. The van der Waals surface area contributed by atoms with Crippen LogP contribution in [0.25, 0.3) is 33.5 Å². The maximum Gasteiger partial charge on any atom is 0.407 e. The number of tetrazole rings is 1. The van der Waals surface area contributed by atoms with Crippen molar-refractivity contribution in [1.29, 1.82) is 0 Å². The van der Waals surface area contributed by atoms with Crippen LogP contribution in [0, 0.1) is 0 Å². The number of amides is 1. The molecule has 0 bridgehead atoms. The van der Waals surface area contributed by atoms with Crippen molar-refractivity contribution in [1.82, 2.24) is 39.4 Å². The second kappa shape index (κ2) is 21.0. The Labute approximate surface area is 416 Å². The molecule has 2 aromatic heterocycles. The first kappa shape index (κ1) is 52.2. The van der Waals surface area contributed by atoms with Crippen LogP contribution >= 0.6 is 0 Å². The number of rotatable bonds is 20. The van der Waals surface area contributed by atoms with Crippen molar-refractivity contribution >= 4 is 45.1 Å². The first-order valence-electron chi connectivity index (χ1n) is 23.1. The third-order valence-electron chi connectivity index (χ3n) is 12.1. The number of carbonyl (C=O) groups is 1. The van der Waals surface area contributed by atoms with E-state index in [1.165, 1.54) is 20.1 Å². The zero-order valence-electron chi connectivity index (χ0n) is 41.8. The van der Waals surface area contributed by atoms with Crippen molar-refractivity contribution in [3.63, 3.8) is 0 Å².